The Labute approximate surface area is 131 Å². The van der Waals surface area contributed by atoms with Crippen LogP contribution in [0.4, 0.5) is 0 Å². The lowest BCUT2D eigenvalue weighted by molar-refractivity contribution is 0.0751. The fourth-order valence-electron chi connectivity index (χ4n) is 2.10. The topological polar surface area (TPSA) is 59.5 Å². The van der Waals surface area contributed by atoms with E-state index in [-0.39, 0.29) is 18.3 Å². The molecule has 0 radical (unpaired) electrons. The third kappa shape index (κ3) is 4.09. The Morgan fingerprint density at radius 1 is 1.33 bits per heavy atom. The minimum atomic E-state index is -0.0285. The Morgan fingerprint density at radius 2 is 2.05 bits per heavy atom. The average molecular weight is 309 g/mol. The average Bonchev–Trinajstić information content (AvgIpc) is 2.94. The van der Waals surface area contributed by atoms with E-state index in [1.807, 2.05) is 25.1 Å². The van der Waals surface area contributed by atoms with Crippen molar-refractivity contribution in [3.63, 3.8) is 0 Å². The lowest BCUT2D eigenvalue weighted by Crippen LogP contribution is -2.30. The minimum Gasteiger partial charge on any atom is -0.467 e. The van der Waals surface area contributed by atoms with Gasteiger partial charge in [0.2, 0.25) is 0 Å². The van der Waals surface area contributed by atoms with Crippen LogP contribution < -0.4 is 5.73 Å². The van der Waals surface area contributed by atoms with Gasteiger partial charge in [0, 0.05) is 13.1 Å². The molecule has 0 atom stereocenters. The highest BCUT2D eigenvalue weighted by molar-refractivity contribution is 5.94. The first-order chi connectivity index (χ1) is 9.65. The van der Waals surface area contributed by atoms with Crippen LogP contribution in [0.3, 0.4) is 0 Å². The zero-order valence-electron chi connectivity index (χ0n) is 12.3. The zero-order chi connectivity index (χ0) is 14.5. The second-order valence-electron chi connectivity index (χ2n) is 4.75. The molecule has 0 aliphatic rings. The highest BCUT2D eigenvalue weighted by atomic mass is 35.5. The lowest BCUT2D eigenvalue weighted by Gasteiger charge is -2.21. The number of hydrogen-bond donors (Lipinski definition) is 1. The summed E-state index contributed by atoms with van der Waals surface area (Å²) in [5.41, 5.74) is 8.40. The molecule has 0 fully saturated rings. The monoisotopic (exact) mass is 308 g/mol. The van der Waals surface area contributed by atoms with Gasteiger partial charge in [0.1, 0.15) is 12.0 Å². The van der Waals surface area contributed by atoms with Crippen molar-refractivity contribution in [2.45, 2.75) is 26.9 Å². The van der Waals surface area contributed by atoms with E-state index in [4.69, 9.17) is 10.2 Å². The van der Waals surface area contributed by atoms with Gasteiger partial charge in [-0.25, -0.2) is 0 Å². The third-order valence-electron chi connectivity index (χ3n) is 3.39. The quantitative estimate of drug-likeness (QED) is 0.923. The number of hydrogen-bond acceptors (Lipinski definition) is 3. The molecule has 5 heteroatoms. The maximum atomic E-state index is 12.4. The summed E-state index contributed by atoms with van der Waals surface area (Å²) in [6.45, 7) is 5.58. The zero-order valence-corrected chi connectivity index (χ0v) is 13.2. The van der Waals surface area contributed by atoms with Crippen molar-refractivity contribution in [1.29, 1.82) is 0 Å². The largest absolute Gasteiger partial charge is 0.467 e. The summed E-state index contributed by atoms with van der Waals surface area (Å²) in [7, 11) is 0. The number of rotatable bonds is 5. The second kappa shape index (κ2) is 7.86. The van der Waals surface area contributed by atoms with E-state index in [9.17, 15) is 4.79 Å². The molecule has 0 aliphatic heterocycles. The van der Waals surface area contributed by atoms with Crippen LogP contribution in [0.2, 0.25) is 0 Å². The number of halogens is 1. The van der Waals surface area contributed by atoms with Gasteiger partial charge < -0.3 is 15.1 Å². The predicted octanol–water partition coefficient (Wildman–Crippen LogP) is 3.13. The van der Waals surface area contributed by atoms with Gasteiger partial charge in [-0.1, -0.05) is 24.3 Å². The highest BCUT2D eigenvalue weighted by Gasteiger charge is 2.17. The summed E-state index contributed by atoms with van der Waals surface area (Å²) in [6, 6.07) is 9.80. The van der Waals surface area contributed by atoms with E-state index in [1.165, 1.54) is 11.8 Å². The fraction of sp³-hybridized carbons (Fsp3) is 0.312. The molecule has 1 aromatic heterocycles. The fourth-order valence-corrected chi connectivity index (χ4v) is 2.10. The number of benzene rings is 1. The number of amides is 1. The Balaban J connectivity index is 0.00000220. The van der Waals surface area contributed by atoms with Crippen LogP contribution in [-0.2, 0) is 13.1 Å². The van der Waals surface area contributed by atoms with E-state index >= 15 is 0 Å². The Morgan fingerprint density at radius 3 is 2.62 bits per heavy atom. The summed E-state index contributed by atoms with van der Waals surface area (Å²) < 4.78 is 5.23. The van der Waals surface area contributed by atoms with Gasteiger partial charge in [-0.3, -0.25) is 4.79 Å². The first-order valence-corrected chi connectivity index (χ1v) is 6.77. The van der Waals surface area contributed by atoms with Gasteiger partial charge in [-0.15, -0.1) is 12.4 Å². The van der Waals surface area contributed by atoms with E-state index in [2.05, 4.69) is 13.0 Å². The molecular weight excluding hydrogens is 288 g/mol. The number of nitrogens with two attached hydrogens (primary N) is 1. The smallest absolute Gasteiger partial charge is 0.257 e. The van der Waals surface area contributed by atoms with Gasteiger partial charge in [0.05, 0.1) is 12.1 Å². The van der Waals surface area contributed by atoms with Gasteiger partial charge >= 0.3 is 0 Å². The molecule has 21 heavy (non-hydrogen) atoms. The molecule has 0 spiro atoms. The predicted molar refractivity (Wildman–Crippen MR) is 85.4 cm³/mol. The van der Waals surface area contributed by atoms with Gasteiger partial charge in [-0.2, -0.15) is 0 Å². The van der Waals surface area contributed by atoms with Gasteiger partial charge in [0.15, 0.2) is 0 Å². The van der Waals surface area contributed by atoms with Crippen LogP contribution in [0.15, 0.2) is 41.0 Å². The molecule has 2 N–H and O–H groups in total. The molecule has 0 aliphatic carbocycles. The summed E-state index contributed by atoms with van der Waals surface area (Å²) in [4.78, 5) is 14.2. The number of carbonyl (C=O) groups is 1. The Hall–Kier alpha value is -1.78. The number of furan rings is 1. The van der Waals surface area contributed by atoms with E-state index in [0.29, 0.717) is 31.0 Å². The molecule has 2 aromatic rings. The minimum absolute atomic E-state index is 0. The molecule has 0 bridgehead atoms. The van der Waals surface area contributed by atoms with Crippen molar-refractivity contribution in [3.8, 4) is 0 Å². The molecule has 0 saturated carbocycles. The normalized spacial score (nSPS) is 10.0. The molecular formula is C16H21ClN2O2. The molecule has 1 heterocycles. The first kappa shape index (κ1) is 17.3. The van der Waals surface area contributed by atoms with Crippen molar-refractivity contribution in [2.75, 3.05) is 6.54 Å². The highest BCUT2D eigenvalue weighted by Crippen LogP contribution is 2.15. The number of carbonyl (C=O) groups excluding carboxylic acids is 1. The van der Waals surface area contributed by atoms with Crippen LogP contribution >= 0.6 is 12.4 Å². The summed E-state index contributed by atoms with van der Waals surface area (Å²) in [6.07, 6.45) is 1.48. The summed E-state index contributed by atoms with van der Waals surface area (Å²) >= 11 is 0. The maximum absolute atomic E-state index is 12.4. The Kier molecular flexibility index (Phi) is 6.46. The SMILES string of the molecule is CCN(Cc1ccccc1C)C(=O)c1coc(CN)c1.Cl. The lowest BCUT2D eigenvalue weighted by atomic mass is 10.1. The molecule has 0 unspecified atom stereocenters. The van der Waals surface area contributed by atoms with Crippen molar-refractivity contribution in [1.82, 2.24) is 4.90 Å². The third-order valence-corrected chi connectivity index (χ3v) is 3.39. The van der Waals surface area contributed by atoms with Crippen LogP contribution in [0.25, 0.3) is 0 Å². The second-order valence-corrected chi connectivity index (χ2v) is 4.75. The van der Waals surface area contributed by atoms with E-state index in [1.54, 1.807) is 11.0 Å². The summed E-state index contributed by atoms with van der Waals surface area (Å²) in [5.74, 6) is 0.597. The van der Waals surface area contributed by atoms with E-state index in [0.717, 1.165) is 5.56 Å². The van der Waals surface area contributed by atoms with Crippen LogP contribution in [0.5, 0.6) is 0 Å². The van der Waals surface area contributed by atoms with Crippen molar-refractivity contribution in [2.24, 2.45) is 5.73 Å². The molecule has 4 nitrogen and oxygen atoms in total. The standard InChI is InChI=1S/C16H20N2O2.ClH/c1-3-18(10-13-7-5-4-6-12(13)2)16(19)14-8-15(9-17)20-11-14;/h4-8,11H,3,9-10,17H2,1-2H3;1H. The molecule has 114 valence electrons. The Bertz CT molecular complexity index is 595. The molecule has 1 aromatic carbocycles. The van der Waals surface area contributed by atoms with Crippen LogP contribution in [0, 0.1) is 6.92 Å². The van der Waals surface area contributed by atoms with Crippen molar-refractivity contribution in [3.05, 3.63) is 59.0 Å². The number of nitrogens with zero attached hydrogens (tertiary/aromatic N) is 1. The summed E-state index contributed by atoms with van der Waals surface area (Å²) in [5, 5.41) is 0. The van der Waals surface area contributed by atoms with Gasteiger partial charge in [0.25, 0.3) is 5.91 Å². The van der Waals surface area contributed by atoms with Crippen LogP contribution in [-0.4, -0.2) is 17.4 Å². The van der Waals surface area contributed by atoms with Crippen molar-refractivity contribution >= 4 is 18.3 Å². The molecule has 2 rings (SSSR count). The first-order valence-electron chi connectivity index (χ1n) is 6.77. The maximum Gasteiger partial charge on any atom is 0.257 e. The van der Waals surface area contributed by atoms with Crippen molar-refractivity contribution < 1.29 is 9.21 Å². The number of aryl methyl sites for hydroxylation is 1. The van der Waals surface area contributed by atoms with Crippen LogP contribution in [0.1, 0.15) is 34.2 Å². The molecule has 1 amide bonds. The van der Waals surface area contributed by atoms with Gasteiger partial charge in [-0.05, 0) is 31.0 Å². The van der Waals surface area contributed by atoms with E-state index < -0.39 is 0 Å². The molecule has 0 saturated heterocycles.